The van der Waals surface area contributed by atoms with E-state index >= 15 is 0 Å². The van der Waals surface area contributed by atoms with E-state index in [1.54, 1.807) is 30.5 Å². The molecule has 5 nitrogen and oxygen atoms in total. The predicted octanol–water partition coefficient (Wildman–Crippen LogP) is 0.762. The van der Waals surface area contributed by atoms with Crippen LogP contribution in [0.3, 0.4) is 0 Å². The van der Waals surface area contributed by atoms with Crippen LogP contribution in [0.2, 0.25) is 0 Å². The topological polar surface area (TPSA) is 84.0 Å². The van der Waals surface area contributed by atoms with E-state index < -0.39 is 0 Å². The first kappa shape index (κ1) is 11.5. The SMILES string of the molecule is NCCCc1c[nH]n(-c2ccccc2O)c1=O. The summed E-state index contributed by atoms with van der Waals surface area (Å²) in [6, 6.07) is 6.70. The lowest BCUT2D eigenvalue weighted by molar-refractivity contribution is 0.470. The third-order valence-electron chi connectivity index (χ3n) is 2.62. The van der Waals surface area contributed by atoms with Gasteiger partial charge in [-0.05, 0) is 31.5 Å². The summed E-state index contributed by atoms with van der Waals surface area (Å²) in [5.74, 6) is 0.0711. The number of para-hydroxylation sites is 2. The minimum absolute atomic E-state index is 0.0711. The molecule has 4 N–H and O–H groups in total. The summed E-state index contributed by atoms with van der Waals surface area (Å²) in [6.07, 6.45) is 3.07. The van der Waals surface area contributed by atoms with Crippen molar-refractivity contribution in [1.82, 2.24) is 9.78 Å². The lowest BCUT2D eigenvalue weighted by Crippen LogP contribution is -2.18. The maximum Gasteiger partial charge on any atom is 0.274 e. The zero-order valence-electron chi connectivity index (χ0n) is 9.39. The average molecular weight is 233 g/mol. The van der Waals surface area contributed by atoms with Crippen LogP contribution in [0.25, 0.3) is 5.69 Å². The highest BCUT2D eigenvalue weighted by molar-refractivity contribution is 5.44. The first-order valence-corrected chi connectivity index (χ1v) is 5.52. The maximum absolute atomic E-state index is 12.0. The Bertz CT molecular complexity index is 557. The van der Waals surface area contributed by atoms with Gasteiger partial charge in [0.15, 0.2) is 0 Å². The van der Waals surface area contributed by atoms with Crippen LogP contribution >= 0.6 is 0 Å². The van der Waals surface area contributed by atoms with Gasteiger partial charge in [0.05, 0.1) is 0 Å². The first-order chi connectivity index (χ1) is 8.24. The van der Waals surface area contributed by atoms with E-state index in [9.17, 15) is 9.90 Å². The van der Waals surface area contributed by atoms with Crippen molar-refractivity contribution in [3.05, 3.63) is 46.4 Å². The van der Waals surface area contributed by atoms with Gasteiger partial charge in [0.25, 0.3) is 5.56 Å². The molecule has 17 heavy (non-hydrogen) atoms. The number of rotatable bonds is 4. The highest BCUT2D eigenvalue weighted by Gasteiger charge is 2.09. The van der Waals surface area contributed by atoms with Crippen molar-refractivity contribution >= 4 is 0 Å². The van der Waals surface area contributed by atoms with Crippen LogP contribution in [-0.2, 0) is 6.42 Å². The molecular formula is C12H15N3O2. The molecule has 90 valence electrons. The summed E-state index contributed by atoms with van der Waals surface area (Å²) >= 11 is 0. The number of benzene rings is 1. The van der Waals surface area contributed by atoms with Gasteiger partial charge >= 0.3 is 0 Å². The molecule has 0 aliphatic rings. The molecular weight excluding hydrogens is 218 g/mol. The molecule has 2 aromatic rings. The number of nitrogens with one attached hydrogen (secondary N) is 1. The number of H-pyrrole nitrogens is 1. The van der Waals surface area contributed by atoms with E-state index in [0.29, 0.717) is 24.2 Å². The zero-order chi connectivity index (χ0) is 12.3. The van der Waals surface area contributed by atoms with Crippen molar-refractivity contribution in [2.24, 2.45) is 5.73 Å². The second-order valence-electron chi connectivity index (χ2n) is 3.82. The Labute approximate surface area is 98.5 Å². The Hall–Kier alpha value is -2.01. The number of phenols is 1. The number of aromatic amines is 1. The number of nitrogens with two attached hydrogens (primary N) is 1. The highest BCUT2D eigenvalue weighted by atomic mass is 16.3. The van der Waals surface area contributed by atoms with E-state index in [2.05, 4.69) is 5.10 Å². The van der Waals surface area contributed by atoms with E-state index in [-0.39, 0.29) is 11.3 Å². The van der Waals surface area contributed by atoms with E-state index in [1.165, 1.54) is 4.68 Å². The van der Waals surface area contributed by atoms with Crippen molar-refractivity contribution in [3.63, 3.8) is 0 Å². The van der Waals surface area contributed by atoms with Gasteiger partial charge in [0.1, 0.15) is 11.4 Å². The fourth-order valence-corrected chi connectivity index (χ4v) is 1.71. The van der Waals surface area contributed by atoms with Crippen LogP contribution in [0, 0.1) is 0 Å². The minimum atomic E-state index is -0.139. The van der Waals surface area contributed by atoms with Crippen LogP contribution in [0.1, 0.15) is 12.0 Å². The summed E-state index contributed by atoms with van der Waals surface area (Å²) in [6.45, 7) is 0.557. The van der Waals surface area contributed by atoms with Gasteiger partial charge in [-0.2, -0.15) is 0 Å². The molecule has 0 saturated carbocycles. The number of hydrogen-bond donors (Lipinski definition) is 3. The van der Waals surface area contributed by atoms with Crippen molar-refractivity contribution in [3.8, 4) is 11.4 Å². The molecule has 0 spiro atoms. The Kier molecular flexibility index (Phi) is 3.30. The lowest BCUT2D eigenvalue weighted by Gasteiger charge is -2.03. The molecule has 1 heterocycles. The number of aromatic nitrogens is 2. The first-order valence-electron chi connectivity index (χ1n) is 5.52. The monoisotopic (exact) mass is 233 g/mol. The fourth-order valence-electron chi connectivity index (χ4n) is 1.71. The second-order valence-corrected chi connectivity index (χ2v) is 3.82. The number of phenolic OH excluding ortho intramolecular Hbond substituents is 1. The third kappa shape index (κ3) is 2.24. The molecule has 0 radical (unpaired) electrons. The Morgan fingerprint density at radius 3 is 2.82 bits per heavy atom. The summed E-state index contributed by atoms with van der Waals surface area (Å²) in [7, 11) is 0. The van der Waals surface area contributed by atoms with Crippen LogP contribution in [0.15, 0.2) is 35.3 Å². The fraction of sp³-hybridized carbons (Fsp3) is 0.250. The number of nitrogens with zero attached hydrogens (tertiary/aromatic N) is 1. The van der Waals surface area contributed by atoms with Gasteiger partial charge in [-0.1, -0.05) is 12.1 Å². The normalized spacial score (nSPS) is 10.6. The van der Waals surface area contributed by atoms with Crippen molar-refractivity contribution in [1.29, 1.82) is 0 Å². The number of aromatic hydroxyl groups is 1. The number of aryl methyl sites for hydroxylation is 1. The summed E-state index contributed by atoms with van der Waals surface area (Å²) in [5, 5.41) is 12.5. The molecule has 2 rings (SSSR count). The Morgan fingerprint density at radius 1 is 1.35 bits per heavy atom. The number of hydrogen-bond acceptors (Lipinski definition) is 3. The Morgan fingerprint density at radius 2 is 2.12 bits per heavy atom. The predicted molar refractivity (Wildman–Crippen MR) is 65.4 cm³/mol. The average Bonchev–Trinajstić information content (AvgIpc) is 2.69. The van der Waals surface area contributed by atoms with Crippen LogP contribution in [-0.4, -0.2) is 21.4 Å². The summed E-state index contributed by atoms with van der Waals surface area (Å²) in [5.41, 5.74) is 6.40. The van der Waals surface area contributed by atoms with Crippen LogP contribution < -0.4 is 11.3 Å². The van der Waals surface area contributed by atoms with Gasteiger partial charge in [-0.25, -0.2) is 4.68 Å². The van der Waals surface area contributed by atoms with E-state index in [0.717, 1.165) is 6.42 Å². The molecule has 0 atom stereocenters. The largest absolute Gasteiger partial charge is 0.506 e. The van der Waals surface area contributed by atoms with Crippen molar-refractivity contribution < 1.29 is 5.11 Å². The van der Waals surface area contributed by atoms with E-state index in [1.807, 2.05) is 0 Å². The van der Waals surface area contributed by atoms with Gasteiger partial charge in [0, 0.05) is 11.8 Å². The molecule has 0 fully saturated rings. The molecule has 5 heteroatoms. The Balaban J connectivity index is 2.38. The van der Waals surface area contributed by atoms with Gasteiger partial charge in [-0.3, -0.25) is 9.89 Å². The highest BCUT2D eigenvalue weighted by Crippen LogP contribution is 2.18. The van der Waals surface area contributed by atoms with E-state index in [4.69, 9.17) is 5.73 Å². The molecule has 0 aliphatic carbocycles. The van der Waals surface area contributed by atoms with Crippen LogP contribution in [0.4, 0.5) is 0 Å². The standard InChI is InChI=1S/C12H15N3O2/c13-7-3-4-9-8-14-15(12(9)17)10-5-1-2-6-11(10)16/h1-2,5-6,8,14,16H,3-4,7,13H2. The molecule has 0 bridgehead atoms. The van der Waals surface area contributed by atoms with Gasteiger partial charge in [0.2, 0.25) is 0 Å². The lowest BCUT2D eigenvalue weighted by atomic mass is 10.2. The maximum atomic E-state index is 12.0. The zero-order valence-corrected chi connectivity index (χ0v) is 9.39. The quantitative estimate of drug-likeness (QED) is 0.729. The van der Waals surface area contributed by atoms with Gasteiger partial charge < -0.3 is 10.8 Å². The molecule has 0 unspecified atom stereocenters. The molecule has 0 amide bonds. The summed E-state index contributed by atoms with van der Waals surface area (Å²) < 4.78 is 1.33. The van der Waals surface area contributed by atoms with Crippen molar-refractivity contribution in [2.75, 3.05) is 6.54 Å². The second kappa shape index (κ2) is 4.88. The van der Waals surface area contributed by atoms with Crippen LogP contribution in [0.5, 0.6) is 5.75 Å². The molecule has 1 aromatic heterocycles. The third-order valence-corrected chi connectivity index (χ3v) is 2.62. The van der Waals surface area contributed by atoms with Crippen molar-refractivity contribution in [2.45, 2.75) is 12.8 Å². The smallest absolute Gasteiger partial charge is 0.274 e. The van der Waals surface area contributed by atoms with Gasteiger partial charge in [-0.15, -0.1) is 0 Å². The molecule has 0 aliphatic heterocycles. The summed E-state index contributed by atoms with van der Waals surface area (Å²) in [4.78, 5) is 12.0. The minimum Gasteiger partial charge on any atom is -0.506 e. The molecule has 1 aromatic carbocycles. The molecule has 0 saturated heterocycles.